The Bertz CT molecular complexity index is 979. The van der Waals surface area contributed by atoms with Gasteiger partial charge in [-0.05, 0) is 68.5 Å². The molecule has 0 spiro atoms. The lowest BCUT2D eigenvalue weighted by atomic mass is 9.96. The quantitative estimate of drug-likeness (QED) is 0.800. The fraction of sp³-hybridized carbons (Fsp3) is 0.435. The molecule has 0 bridgehead atoms. The van der Waals surface area contributed by atoms with Gasteiger partial charge in [0.2, 0.25) is 5.91 Å². The molecule has 2 aromatic rings. The highest BCUT2D eigenvalue weighted by Crippen LogP contribution is 2.31. The van der Waals surface area contributed by atoms with E-state index in [4.69, 9.17) is 0 Å². The molecule has 2 aromatic carbocycles. The van der Waals surface area contributed by atoms with E-state index in [2.05, 4.69) is 18.3 Å². The molecule has 1 atom stereocenters. The summed E-state index contributed by atoms with van der Waals surface area (Å²) in [7, 11) is -3.25. The maximum atomic E-state index is 12.9. The average Bonchev–Trinajstić information content (AvgIpc) is 3.28. The van der Waals surface area contributed by atoms with Crippen LogP contribution in [0.3, 0.4) is 0 Å². The molecule has 1 aliphatic heterocycles. The second-order valence-electron chi connectivity index (χ2n) is 8.11. The van der Waals surface area contributed by atoms with Crippen molar-refractivity contribution in [2.45, 2.75) is 61.6 Å². The van der Waals surface area contributed by atoms with Gasteiger partial charge in [0.25, 0.3) is 0 Å². The predicted octanol–water partition coefficient (Wildman–Crippen LogP) is 4.18. The molecule has 154 valence electrons. The Morgan fingerprint density at radius 1 is 1.03 bits per heavy atom. The van der Waals surface area contributed by atoms with Crippen LogP contribution in [-0.4, -0.2) is 32.2 Å². The van der Waals surface area contributed by atoms with E-state index < -0.39 is 9.84 Å². The van der Waals surface area contributed by atoms with Gasteiger partial charge in [0.05, 0.1) is 16.7 Å². The van der Waals surface area contributed by atoms with Crippen molar-refractivity contribution < 1.29 is 13.2 Å². The second kappa shape index (κ2) is 8.19. The van der Waals surface area contributed by atoms with Crippen molar-refractivity contribution in [2.75, 3.05) is 16.8 Å². The SMILES string of the molecule is CC1CCc2ccccc2N1C(=O)CNc1ccc(S(=O)(=O)C2CCCC2)cc1. The summed E-state index contributed by atoms with van der Waals surface area (Å²) in [5.74, 6) is 0.0207. The van der Waals surface area contributed by atoms with Gasteiger partial charge < -0.3 is 10.2 Å². The Hall–Kier alpha value is -2.34. The van der Waals surface area contributed by atoms with E-state index in [0.717, 1.165) is 49.9 Å². The largest absolute Gasteiger partial charge is 0.376 e. The molecule has 6 heteroatoms. The van der Waals surface area contributed by atoms with Crippen LogP contribution in [-0.2, 0) is 21.1 Å². The summed E-state index contributed by atoms with van der Waals surface area (Å²) in [4.78, 5) is 15.2. The minimum atomic E-state index is -3.25. The van der Waals surface area contributed by atoms with Gasteiger partial charge in [-0.15, -0.1) is 0 Å². The molecule has 0 aromatic heterocycles. The third-order valence-corrected chi connectivity index (χ3v) is 8.44. The molecule has 5 nitrogen and oxygen atoms in total. The number of sulfone groups is 1. The minimum absolute atomic E-state index is 0.0207. The fourth-order valence-corrected chi connectivity index (χ4v) is 6.34. The van der Waals surface area contributed by atoms with Gasteiger partial charge in [-0.25, -0.2) is 8.42 Å². The topological polar surface area (TPSA) is 66.5 Å². The lowest BCUT2D eigenvalue weighted by molar-refractivity contribution is -0.117. The van der Waals surface area contributed by atoms with Crippen molar-refractivity contribution in [1.29, 1.82) is 0 Å². The molecule has 0 saturated heterocycles. The molecule has 1 unspecified atom stereocenters. The van der Waals surface area contributed by atoms with Gasteiger partial charge in [0, 0.05) is 17.4 Å². The second-order valence-corrected chi connectivity index (χ2v) is 10.3. The Labute approximate surface area is 173 Å². The lowest BCUT2D eigenvalue weighted by Crippen LogP contribution is -2.44. The summed E-state index contributed by atoms with van der Waals surface area (Å²) >= 11 is 0. The van der Waals surface area contributed by atoms with Crippen LogP contribution < -0.4 is 10.2 Å². The van der Waals surface area contributed by atoms with Gasteiger partial charge >= 0.3 is 0 Å². The number of carbonyl (C=O) groups is 1. The van der Waals surface area contributed by atoms with Gasteiger partial charge in [-0.3, -0.25) is 4.79 Å². The third kappa shape index (κ3) is 4.04. The monoisotopic (exact) mass is 412 g/mol. The summed E-state index contributed by atoms with van der Waals surface area (Å²) < 4.78 is 25.4. The first-order valence-corrected chi connectivity index (χ1v) is 12.0. The highest BCUT2D eigenvalue weighted by molar-refractivity contribution is 7.92. The Kier molecular flexibility index (Phi) is 5.63. The summed E-state index contributed by atoms with van der Waals surface area (Å²) in [5.41, 5.74) is 2.96. The molecule has 0 radical (unpaired) electrons. The Balaban J connectivity index is 1.42. The van der Waals surface area contributed by atoms with Crippen LogP contribution >= 0.6 is 0 Å². The van der Waals surface area contributed by atoms with Gasteiger partial charge in [-0.1, -0.05) is 31.0 Å². The molecule has 1 aliphatic carbocycles. The first kappa shape index (κ1) is 20.0. The van der Waals surface area contributed by atoms with Gasteiger partial charge in [0.15, 0.2) is 9.84 Å². The van der Waals surface area contributed by atoms with Gasteiger partial charge in [0.1, 0.15) is 0 Å². The van der Waals surface area contributed by atoms with Crippen molar-refractivity contribution in [3.05, 3.63) is 54.1 Å². The van der Waals surface area contributed by atoms with Crippen molar-refractivity contribution in [3.63, 3.8) is 0 Å². The van der Waals surface area contributed by atoms with Crippen molar-refractivity contribution in [1.82, 2.24) is 0 Å². The zero-order valence-corrected chi connectivity index (χ0v) is 17.6. The molecule has 29 heavy (non-hydrogen) atoms. The number of fused-ring (bicyclic) bond motifs is 1. The Morgan fingerprint density at radius 3 is 2.45 bits per heavy atom. The highest BCUT2D eigenvalue weighted by atomic mass is 32.2. The number of nitrogens with one attached hydrogen (secondary N) is 1. The van der Waals surface area contributed by atoms with E-state index >= 15 is 0 Å². The fourth-order valence-electron chi connectivity index (χ4n) is 4.48. The molecule has 4 rings (SSSR count). The maximum Gasteiger partial charge on any atom is 0.246 e. The number of hydrogen-bond donors (Lipinski definition) is 1. The maximum absolute atomic E-state index is 12.9. The standard InChI is InChI=1S/C23H28N2O3S/c1-17-10-11-18-6-2-5-9-22(18)25(17)23(26)16-24-19-12-14-21(15-13-19)29(27,28)20-7-3-4-8-20/h2,5-6,9,12-15,17,20,24H,3-4,7-8,10-11,16H2,1H3. The first-order chi connectivity index (χ1) is 14.0. The van der Waals surface area contributed by atoms with Crippen molar-refractivity contribution >= 4 is 27.1 Å². The van der Waals surface area contributed by atoms with E-state index in [1.165, 1.54) is 5.56 Å². The van der Waals surface area contributed by atoms with Crippen LogP contribution in [0.5, 0.6) is 0 Å². The summed E-state index contributed by atoms with van der Waals surface area (Å²) in [5, 5.41) is 2.91. The molecule has 1 N–H and O–H groups in total. The number of anilines is 2. The number of nitrogens with zero attached hydrogens (tertiary/aromatic N) is 1. The first-order valence-electron chi connectivity index (χ1n) is 10.4. The van der Waals surface area contributed by atoms with Crippen LogP contribution in [0.2, 0.25) is 0 Å². The van der Waals surface area contributed by atoms with Gasteiger partial charge in [-0.2, -0.15) is 0 Å². The van der Waals surface area contributed by atoms with E-state index in [9.17, 15) is 13.2 Å². The van der Waals surface area contributed by atoms with Crippen LogP contribution in [0.15, 0.2) is 53.4 Å². The van der Waals surface area contributed by atoms with Crippen LogP contribution in [0, 0.1) is 0 Å². The normalized spacial score (nSPS) is 19.8. The number of amides is 1. The van der Waals surface area contributed by atoms with Crippen molar-refractivity contribution in [2.24, 2.45) is 0 Å². The highest BCUT2D eigenvalue weighted by Gasteiger charge is 2.30. The lowest BCUT2D eigenvalue weighted by Gasteiger charge is -2.35. The molecular formula is C23H28N2O3S. The number of para-hydroxylation sites is 1. The van der Waals surface area contributed by atoms with E-state index in [1.807, 2.05) is 23.1 Å². The summed E-state index contributed by atoms with van der Waals surface area (Å²) in [6, 6.07) is 15.0. The summed E-state index contributed by atoms with van der Waals surface area (Å²) in [6.07, 6.45) is 5.44. The molecule has 1 heterocycles. The predicted molar refractivity (Wildman–Crippen MR) is 116 cm³/mol. The van der Waals surface area contributed by atoms with Crippen molar-refractivity contribution in [3.8, 4) is 0 Å². The zero-order valence-electron chi connectivity index (χ0n) is 16.8. The average molecular weight is 413 g/mol. The Morgan fingerprint density at radius 2 is 1.72 bits per heavy atom. The van der Waals surface area contributed by atoms with Crippen LogP contribution in [0.4, 0.5) is 11.4 Å². The minimum Gasteiger partial charge on any atom is -0.376 e. The van der Waals surface area contributed by atoms with Crippen LogP contribution in [0.1, 0.15) is 44.6 Å². The number of hydrogen-bond acceptors (Lipinski definition) is 4. The third-order valence-electron chi connectivity index (χ3n) is 6.16. The molecule has 1 fully saturated rings. The molecule has 2 aliphatic rings. The molecule has 1 saturated carbocycles. The zero-order chi connectivity index (χ0) is 20.4. The smallest absolute Gasteiger partial charge is 0.246 e. The molecule has 1 amide bonds. The van der Waals surface area contributed by atoms with E-state index in [0.29, 0.717) is 4.90 Å². The summed E-state index contributed by atoms with van der Waals surface area (Å²) in [6.45, 7) is 2.25. The number of benzene rings is 2. The number of aryl methyl sites for hydroxylation is 1. The van der Waals surface area contributed by atoms with E-state index in [1.54, 1.807) is 24.3 Å². The van der Waals surface area contributed by atoms with Crippen LogP contribution in [0.25, 0.3) is 0 Å². The molecular weight excluding hydrogens is 384 g/mol. The van der Waals surface area contributed by atoms with E-state index in [-0.39, 0.29) is 23.7 Å². The number of carbonyl (C=O) groups excluding carboxylic acids is 1. The number of rotatable bonds is 5.